The van der Waals surface area contributed by atoms with Crippen LogP contribution < -0.4 is 11.1 Å². The summed E-state index contributed by atoms with van der Waals surface area (Å²) in [5.74, 6) is -0.936. The van der Waals surface area contributed by atoms with Gasteiger partial charge in [0.1, 0.15) is 5.82 Å². The first-order valence-corrected chi connectivity index (χ1v) is 5.47. The summed E-state index contributed by atoms with van der Waals surface area (Å²) in [5.41, 5.74) is 6.08. The maximum Gasteiger partial charge on any atom is 0.254 e. The van der Waals surface area contributed by atoms with Crippen LogP contribution in [0, 0.1) is 5.82 Å². The number of nitrogens with zero attached hydrogens (tertiary/aromatic N) is 1. The molecular formula is C11H10ClFN4O. The first-order chi connectivity index (χ1) is 8.59. The number of anilines is 1. The second kappa shape index (κ2) is 5.05. The molecular weight excluding hydrogens is 259 g/mol. The van der Waals surface area contributed by atoms with Crippen LogP contribution in [0.5, 0.6) is 0 Å². The molecule has 1 aromatic carbocycles. The van der Waals surface area contributed by atoms with Crippen molar-refractivity contribution in [1.29, 1.82) is 0 Å². The Bertz CT molecular complexity index is 584. The second-order valence-corrected chi connectivity index (χ2v) is 4.00. The summed E-state index contributed by atoms with van der Waals surface area (Å²) in [6, 6.07) is 4.24. The van der Waals surface area contributed by atoms with Gasteiger partial charge >= 0.3 is 0 Å². The molecule has 0 radical (unpaired) electrons. The van der Waals surface area contributed by atoms with Gasteiger partial charge in [-0.25, -0.2) is 4.39 Å². The van der Waals surface area contributed by atoms with Crippen LogP contribution in [0.2, 0.25) is 5.02 Å². The first-order valence-electron chi connectivity index (χ1n) is 5.09. The van der Waals surface area contributed by atoms with E-state index >= 15 is 0 Å². The van der Waals surface area contributed by atoms with Crippen LogP contribution in [-0.2, 0) is 6.54 Å². The molecule has 0 bridgehead atoms. The van der Waals surface area contributed by atoms with E-state index in [0.717, 1.165) is 0 Å². The highest BCUT2D eigenvalue weighted by Crippen LogP contribution is 2.17. The van der Waals surface area contributed by atoms with Gasteiger partial charge in [-0.3, -0.25) is 9.89 Å². The fourth-order valence-electron chi connectivity index (χ4n) is 1.41. The third-order valence-electron chi connectivity index (χ3n) is 2.39. The van der Waals surface area contributed by atoms with E-state index in [1.54, 1.807) is 0 Å². The number of nitrogens with one attached hydrogen (secondary N) is 2. The highest BCUT2D eigenvalue weighted by molar-refractivity contribution is 6.31. The molecule has 5 nitrogen and oxygen atoms in total. The standard InChI is InChI=1S/C11H10ClFN4O/c12-8-3-1-2-7(9(8)13)11(18)15-4-6-5-16-17-10(6)14/h1-3,5H,4H2,(H,15,18)(H3,14,16,17). The monoisotopic (exact) mass is 268 g/mol. The van der Waals surface area contributed by atoms with Gasteiger partial charge in [0.05, 0.1) is 16.8 Å². The fourth-order valence-corrected chi connectivity index (χ4v) is 1.59. The lowest BCUT2D eigenvalue weighted by atomic mass is 10.2. The number of carbonyl (C=O) groups excluding carboxylic acids is 1. The molecule has 94 valence electrons. The van der Waals surface area contributed by atoms with Crippen molar-refractivity contribution >= 4 is 23.3 Å². The molecule has 0 fully saturated rings. The van der Waals surface area contributed by atoms with Gasteiger partial charge < -0.3 is 11.1 Å². The number of benzene rings is 1. The Kier molecular flexibility index (Phi) is 3.47. The number of aromatic amines is 1. The minimum absolute atomic E-state index is 0.0922. The molecule has 0 atom stereocenters. The minimum Gasteiger partial charge on any atom is -0.384 e. The molecule has 1 aromatic heterocycles. The van der Waals surface area contributed by atoms with Gasteiger partial charge in [0.2, 0.25) is 0 Å². The Balaban J connectivity index is 2.09. The predicted molar refractivity (Wildman–Crippen MR) is 65.6 cm³/mol. The van der Waals surface area contributed by atoms with Gasteiger partial charge in [0, 0.05) is 12.1 Å². The van der Waals surface area contributed by atoms with Crippen molar-refractivity contribution in [2.75, 3.05) is 5.73 Å². The summed E-state index contributed by atoms with van der Waals surface area (Å²) in [6.45, 7) is 0.160. The number of rotatable bonds is 3. The van der Waals surface area contributed by atoms with Crippen LogP contribution in [0.3, 0.4) is 0 Å². The molecule has 4 N–H and O–H groups in total. The van der Waals surface area contributed by atoms with Crippen molar-refractivity contribution in [2.24, 2.45) is 0 Å². The van der Waals surface area contributed by atoms with Gasteiger partial charge in [-0.05, 0) is 12.1 Å². The van der Waals surface area contributed by atoms with E-state index in [2.05, 4.69) is 15.5 Å². The molecule has 1 heterocycles. The van der Waals surface area contributed by atoms with Crippen molar-refractivity contribution < 1.29 is 9.18 Å². The molecule has 2 rings (SSSR count). The molecule has 18 heavy (non-hydrogen) atoms. The average Bonchev–Trinajstić information content (AvgIpc) is 2.75. The first kappa shape index (κ1) is 12.4. The van der Waals surface area contributed by atoms with Crippen LogP contribution >= 0.6 is 11.6 Å². The van der Waals surface area contributed by atoms with Gasteiger partial charge in [0.25, 0.3) is 5.91 Å². The van der Waals surface area contributed by atoms with Gasteiger partial charge in [-0.2, -0.15) is 5.10 Å². The lowest BCUT2D eigenvalue weighted by Crippen LogP contribution is -2.24. The zero-order valence-corrected chi connectivity index (χ0v) is 9.96. The molecule has 0 unspecified atom stereocenters. The normalized spacial score (nSPS) is 10.3. The number of carbonyl (C=O) groups is 1. The number of aromatic nitrogens is 2. The van der Waals surface area contributed by atoms with Crippen LogP contribution in [0.1, 0.15) is 15.9 Å². The van der Waals surface area contributed by atoms with E-state index in [4.69, 9.17) is 17.3 Å². The maximum absolute atomic E-state index is 13.6. The van der Waals surface area contributed by atoms with E-state index in [1.165, 1.54) is 24.4 Å². The second-order valence-electron chi connectivity index (χ2n) is 3.59. The molecule has 7 heteroatoms. The largest absolute Gasteiger partial charge is 0.384 e. The summed E-state index contributed by atoms with van der Waals surface area (Å²) in [7, 11) is 0. The number of halogens is 2. The summed E-state index contributed by atoms with van der Waals surface area (Å²) in [5, 5.41) is 8.68. The van der Waals surface area contributed by atoms with E-state index < -0.39 is 11.7 Å². The van der Waals surface area contributed by atoms with E-state index in [0.29, 0.717) is 11.4 Å². The Morgan fingerprint density at radius 2 is 2.33 bits per heavy atom. The van der Waals surface area contributed by atoms with Crippen molar-refractivity contribution in [3.8, 4) is 0 Å². The number of amides is 1. The third kappa shape index (κ3) is 2.43. The number of nitrogens with two attached hydrogens (primary N) is 1. The van der Waals surface area contributed by atoms with Crippen LogP contribution in [-0.4, -0.2) is 16.1 Å². The molecule has 0 aliphatic carbocycles. The topological polar surface area (TPSA) is 83.8 Å². The van der Waals surface area contributed by atoms with Gasteiger partial charge in [-0.15, -0.1) is 0 Å². The lowest BCUT2D eigenvalue weighted by Gasteiger charge is -2.06. The summed E-state index contributed by atoms with van der Waals surface area (Å²) < 4.78 is 13.6. The van der Waals surface area contributed by atoms with Crippen LogP contribution in [0.15, 0.2) is 24.4 Å². The molecule has 1 amide bonds. The van der Waals surface area contributed by atoms with E-state index in [-0.39, 0.29) is 17.1 Å². The Morgan fingerprint density at radius 3 is 3.00 bits per heavy atom. The highest BCUT2D eigenvalue weighted by Gasteiger charge is 2.14. The molecule has 0 saturated carbocycles. The average molecular weight is 269 g/mol. The molecule has 0 aliphatic heterocycles. The van der Waals surface area contributed by atoms with Crippen molar-refractivity contribution in [3.63, 3.8) is 0 Å². The van der Waals surface area contributed by atoms with E-state index in [9.17, 15) is 9.18 Å². The van der Waals surface area contributed by atoms with Gasteiger partial charge in [0.15, 0.2) is 5.82 Å². The highest BCUT2D eigenvalue weighted by atomic mass is 35.5. The Hall–Kier alpha value is -2.08. The number of nitrogen functional groups attached to an aromatic ring is 1. The smallest absolute Gasteiger partial charge is 0.254 e. The Morgan fingerprint density at radius 1 is 1.56 bits per heavy atom. The molecule has 0 saturated heterocycles. The van der Waals surface area contributed by atoms with Crippen LogP contribution in [0.4, 0.5) is 10.2 Å². The molecule has 2 aromatic rings. The molecule has 0 aliphatic rings. The summed E-state index contributed by atoms with van der Waals surface area (Å²) >= 11 is 5.59. The Labute approximate surface area is 107 Å². The lowest BCUT2D eigenvalue weighted by molar-refractivity contribution is 0.0947. The van der Waals surface area contributed by atoms with Crippen LogP contribution in [0.25, 0.3) is 0 Å². The van der Waals surface area contributed by atoms with Gasteiger partial charge in [-0.1, -0.05) is 17.7 Å². The van der Waals surface area contributed by atoms with Crippen molar-refractivity contribution in [3.05, 3.63) is 46.4 Å². The van der Waals surface area contributed by atoms with Crippen molar-refractivity contribution in [2.45, 2.75) is 6.54 Å². The number of hydrogen-bond acceptors (Lipinski definition) is 3. The summed E-state index contributed by atoms with van der Waals surface area (Å²) in [6.07, 6.45) is 1.49. The third-order valence-corrected chi connectivity index (χ3v) is 2.68. The predicted octanol–water partition coefficient (Wildman–Crippen LogP) is 1.71. The van der Waals surface area contributed by atoms with E-state index in [1.807, 2.05) is 0 Å². The zero-order valence-electron chi connectivity index (χ0n) is 9.21. The van der Waals surface area contributed by atoms with Crippen molar-refractivity contribution in [1.82, 2.24) is 15.5 Å². The number of H-pyrrole nitrogens is 1. The minimum atomic E-state index is -0.739. The summed E-state index contributed by atoms with van der Waals surface area (Å²) in [4.78, 5) is 11.7. The quantitative estimate of drug-likeness (QED) is 0.792. The zero-order chi connectivity index (χ0) is 13.1. The number of hydrogen-bond donors (Lipinski definition) is 3. The SMILES string of the molecule is Nc1[nH]ncc1CNC(=O)c1cccc(Cl)c1F. The molecule has 0 spiro atoms. The fraction of sp³-hybridized carbons (Fsp3) is 0.0909. The maximum atomic E-state index is 13.6.